The minimum atomic E-state index is 0.450. The second kappa shape index (κ2) is 7.77. The predicted octanol–water partition coefficient (Wildman–Crippen LogP) is 2.56. The summed E-state index contributed by atoms with van der Waals surface area (Å²) in [5.74, 6) is 1.69. The monoisotopic (exact) mass is 281 g/mol. The molecule has 3 unspecified atom stereocenters. The fourth-order valence-corrected chi connectivity index (χ4v) is 4.06. The Kier molecular flexibility index (Phi) is 6.31. The van der Waals surface area contributed by atoms with Gasteiger partial charge in [0.15, 0.2) is 0 Å². The minimum Gasteiger partial charge on any atom is -0.327 e. The summed E-state index contributed by atoms with van der Waals surface area (Å²) in [6.45, 7) is 13.1. The standard InChI is InChI=1S/C17H35N3/c1-4-5-15-6-7-17(18)16(12-15)13-19-8-10-20(11-9-19)14(2)3/h14-17H,4-13,18H2,1-3H3. The van der Waals surface area contributed by atoms with Crippen molar-refractivity contribution in [2.24, 2.45) is 17.6 Å². The Morgan fingerprint density at radius 2 is 1.80 bits per heavy atom. The molecule has 2 N–H and O–H groups in total. The summed E-state index contributed by atoms with van der Waals surface area (Å²) in [6.07, 6.45) is 6.73. The maximum absolute atomic E-state index is 6.39. The molecule has 1 heterocycles. The molecule has 0 radical (unpaired) electrons. The molecule has 3 atom stereocenters. The van der Waals surface area contributed by atoms with E-state index in [9.17, 15) is 0 Å². The Labute approximate surface area is 125 Å². The molecule has 2 fully saturated rings. The van der Waals surface area contributed by atoms with Crippen LogP contribution in [0.5, 0.6) is 0 Å². The fraction of sp³-hybridized carbons (Fsp3) is 1.00. The summed E-state index contributed by atoms with van der Waals surface area (Å²) in [7, 11) is 0. The van der Waals surface area contributed by atoms with Gasteiger partial charge in [-0.05, 0) is 44.9 Å². The van der Waals surface area contributed by atoms with Crippen LogP contribution in [0.1, 0.15) is 52.9 Å². The smallest absolute Gasteiger partial charge is 0.0113 e. The normalized spacial score (nSPS) is 33.8. The van der Waals surface area contributed by atoms with E-state index in [1.165, 1.54) is 64.8 Å². The summed E-state index contributed by atoms with van der Waals surface area (Å²) in [6, 6.07) is 1.15. The number of hydrogen-bond acceptors (Lipinski definition) is 3. The van der Waals surface area contributed by atoms with Gasteiger partial charge in [-0.25, -0.2) is 0 Å². The molecular weight excluding hydrogens is 246 g/mol. The second-order valence-electron chi connectivity index (χ2n) is 7.32. The van der Waals surface area contributed by atoms with Gasteiger partial charge in [0.2, 0.25) is 0 Å². The molecule has 3 nitrogen and oxygen atoms in total. The topological polar surface area (TPSA) is 32.5 Å². The van der Waals surface area contributed by atoms with Gasteiger partial charge in [-0.2, -0.15) is 0 Å². The highest BCUT2D eigenvalue weighted by atomic mass is 15.3. The average Bonchev–Trinajstić information content (AvgIpc) is 2.43. The fourth-order valence-electron chi connectivity index (χ4n) is 4.06. The van der Waals surface area contributed by atoms with Crippen molar-refractivity contribution in [1.29, 1.82) is 0 Å². The highest BCUT2D eigenvalue weighted by Gasteiger charge is 2.30. The first-order chi connectivity index (χ1) is 9.60. The quantitative estimate of drug-likeness (QED) is 0.840. The van der Waals surface area contributed by atoms with Gasteiger partial charge in [0, 0.05) is 44.8 Å². The van der Waals surface area contributed by atoms with Gasteiger partial charge >= 0.3 is 0 Å². The van der Waals surface area contributed by atoms with Crippen molar-refractivity contribution in [2.45, 2.75) is 65.0 Å². The highest BCUT2D eigenvalue weighted by Crippen LogP contribution is 2.32. The van der Waals surface area contributed by atoms with Crippen LogP contribution in [0.4, 0.5) is 0 Å². The molecule has 1 aliphatic heterocycles. The van der Waals surface area contributed by atoms with Gasteiger partial charge in [-0.15, -0.1) is 0 Å². The van der Waals surface area contributed by atoms with Gasteiger partial charge < -0.3 is 10.6 Å². The summed E-state index contributed by atoms with van der Waals surface area (Å²) in [5, 5.41) is 0. The number of nitrogens with two attached hydrogens (primary N) is 1. The zero-order valence-corrected chi connectivity index (χ0v) is 13.9. The molecule has 20 heavy (non-hydrogen) atoms. The number of rotatable bonds is 5. The molecule has 3 heteroatoms. The minimum absolute atomic E-state index is 0.450. The lowest BCUT2D eigenvalue weighted by Gasteiger charge is -2.41. The summed E-state index contributed by atoms with van der Waals surface area (Å²) in [4.78, 5) is 5.26. The zero-order chi connectivity index (χ0) is 14.5. The first-order valence-electron chi connectivity index (χ1n) is 8.82. The average molecular weight is 281 g/mol. The highest BCUT2D eigenvalue weighted by molar-refractivity contribution is 4.86. The van der Waals surface area contributed by atoms with Crippen LogP contribution in [0.3, 0.4) is 0 Å². The lowest BCUT2D eigenvalue weighted by molar-refractivity contribution is 0.0797. The molecule has 118 valence electrons. The van der Waals surface area contributed by atoms with E-state index in [0.717, 1.165) is 11.8 Å². The van der Waals surface area contributed by atoms with Gasteiger partial charge in [0.1, 0.15) is 0 Å². The molecule has 0 aromatic carbocycles. The van der Waals surface area contributed by atoms with Crippen LogP contribution < -0.4 is 5.73 Å². The molecule has 1 saturated carbocycles. The van der Waals surface area contributed by atoms with Gasteiger partial charge in [-0.1, -0.05) is 19.8 Å². The van der Waals surface area contributed by atoms with Gasteiger partial charge in [0.25, 0.3) is 0 Å². The third-order valence-corrected chi connectivity index (χ3v) is 5.48. The molecule has 0 spiro atoms. The van der Waals surface area contributed by atoms with Crippen LogP contribution in [0, 0.1) is 11.8 Å². The van der Waals surface area contributed by atoms with Crippen LogP contribution in [0.15, 0.2) is 0 Å². The maximum Gasteiger partial charge on any atom is 0.0113 e. The third kappa shape index (κ3) is 4.44. The number of nitrogens with zero attached hydrogens (tertiary/aromatic N) is 2. The largest absolute Gasteiger partial charge is 0.327 e. The van der Waals surface area contributed by atoms with E-state index >= 15 is 0 Å². The van der Waals surface area contributed by atoms with E-state index in [-0.39, 0.29) is 0 Å². The second-order valence-corrected chi connectivity index (χ2v) is 7.32. The summed E-state index contributed by atoms with van der Waals surface area (Å²) >= 11 is 0. The molecule has 1 aliphatic carbocycles. The van der Waals surface area contributed by atoms with Gasteiger partial charge in [-0.3, -0.25) is 4.90 Å². The van der Waals surface area contributed by atoms with Crippen molar-refractivity contribution in [3.05, 3.63) is 0 Å². The Morgan fingerprint density at radius 3 is 2.40 bits per heavy atom. The maximum atomic E-state index is 6.39. The number of piperazine rings is 1. The first-order valence-corrected chi connectivity index (χ1v) is 8.82. The molecule has 0 amide bonds. The van der Waals surface area contributed by atoms with E-state index < -0.39 is 0 Å². The molecule has 2 rings (SSSR count). The predicted molar refractivity (Wildman–Crippen MR) is 86.9 cm³/mol. The van der Waals surface area contributed by atoms with Crippen molar-refractivity contribution in [1.82, 2.24) is 9.80 Å². The Morgan fingerprint density at radius 1 is 1.10 bits per heavy atom. The molecule has 0 aromatic rings. The van der Waals surface area contributed by atoms with Crippen molar-refractivity contribution in [3.8, 4) is 0 Å². The van der Waals surface area contributed by atoms with Crippen molar-refractivity contribution < 1.29 is 0 Å². The van der Waals surface area contributed by atoms with Crippen molar-refractivity contribution >= 4 is 0 Å². The molecule has 0 bridgehead atoms. The lowest BCUT2D eigenvalue weighted by atomic mass is 9.76. The van der Waals surface area contributed by atoms with E-state index in [2.05, 4.69) is 30.6 Å². The van der Waals surface area contributed by atoms with E-state index in [1.54, 1.807) is 0 Å². The van der Waals surface area contributed by atoms with Crippen molar-refractivity contribution in [3.63, 3.8) is 0 Å². The molecule has 2 aliphatic rings. The Hall–Kier alpha value is -0.120. The molecule has 1 saturated heterocycles. The van der Waals surface area contributed by atoms with Gasteiger partial charge in [0.05, 0.1) is 0 Å². The van der Waals surface area contributed by atoms with E-state index in [4.69, 9.17) is 5.73 Å². The van der Waals surface area contributed by atoms with Crippen LogP contribution in [0.25, 0.3) is 0 Å². The van der Waals surface area contributed by atoms with Crippen LogP contribution in [-0.4, -0.2) is 54.6 Å². The van der Waals surface area contributed by atoms with E-state index in [0.29, 0.717) is 12.1 Å². The summed E-state index contributed by atoms with van der Waals surface area (Å²) in [5.41, 5.74) is 6.39. The lowest BCUT2D eigenvalue weighted by Crippen LogP contribution is -2.52. The first kappa shape index (κ1) is 16.3. The Bertz CT molecular complexity index is 271. The van der Waals surface area contributed by atoms with Crippen LogP contribution >= 0.6 is 0 Å². The zero-order valence-electron chi connectivity index (χ0n) is 13.9. The third-order valence-electron chi connectivity index (χ3n) is 5.48. The van der Waals surface area contributed by atoms with E-state index in [1.807, 2.05) is 0 Å². The van der Waals surface area contributed by atoms with Crippen LogP contribution in [0.2, 0.25) is 0 Å². The Balaban J connectivity index is 1.77. The molecular formula is C17H35N3. The molecule has 0 aromatic heterocycles. The van der Waals surface area contributed by atoms with Crippen LogP contribution in [-0.2, 0) is 0 Å². The summed E-state index contributed by atoms with van der Waals surface area (Å²) < 4.78 is 0. The SMILES string of the molecule is CCCC1CCC(N)C(CN2CCN(C(C)C)CC2)C1. The number of hydrogen-bond donors (Lipinski definition) is 1. The van der Waals surface area contributed by atoms with Crippen molar-refractivity contribution in [2.75, 3.05) is 32.7 Å².